The van der Waals surface area contributed by atoms with Crippen molar-refractivity contribution in [3.05, 3.63) is 29.8 Å². The summed E-state index contributed by atoms with van der Waals surface area (Å²) >= 11 is 0. The molecule has 1 N–H and O–H groups in total. The van der Waals surface area contributed by atoms with Crippen LogP contribution < -0.4 is 4.74 Å². The van der Waals surface area contributed by atoms with Gasteiger partial charge in [-0.1, -0.05) is 12.1 Å². The molecule has 0 saturated heterocycles. The van der Waals surface area contributed by atoms with Crippen molar-refractivity contribution in [2.75, 3.05) is 19.7 Å². The first-order valence-corrected chi connectivity index (χ1v) is 7.75. The summed E-state index contributed by atoms with van der Waals surface area (Å²) < 4.78 is 5.43. The number of ether oxygens (including phenoxy) is 1. The third kappa shape index (κ3) is 4.50. The average molecular weight is 277 g/mol. The number of aliphatic hydroxyl groups is 1. The van der Waals surface area contributed by atoms with E-state index in [2.05, 4.69) is 18.7 Å². The molecule has 1 aliphatic carbocycles. The molecule has 1 aromatic carbocycles. The van der Waals surface area contributed by atoms with E-state index in [1.165, 1.54) is 12.8 Å². The minimum absolute atomic E-state index is 0.424. The number of hydrogen-bond acceptors (Lipinski definition) is 3. The summed E-state index contributed by atoms with van der Waals surface area (Å²) in [5.74, 6) is 1.71. The smallest absolute Gasteiger partial charge is 0.119 e. The van der Waals surface area contributed by atoms with E-state index in [4.69, 9.17) is 4.74 Å². The molecular formula is C17H27NO2. The minimum atomic E-state index is -0.424. The van der Waals surface area contributed by atoms with Crippen molar-refractivity contribution in [2.24, 2.45) is 5.92 Å². The second kappa shape index (κ2) is 7.09. The van der Waals surface area contributed by atoms with E-state index in [0.717, 1.165) is 23.8 Å². The van der Waals surface area contributed by atoms with Crippen LogP contribution >= 0.6 is 0 Å². The van der Waals surface area contributed by atoms with Gasteiger partial charge in [-0.25, -0.2) is 0 Å². The standard InChI is InChI=1S/C17H27NO2/c1-4-20-16-9-7-15(8-10-16)17(19)12-18(13(2)3)11-14-5-6-14/h7-10,13-14,17,19H,4-6,11-12H2,1-3H3. The van der Waals surface area contributed by atoms with Crippen molar-refractivity contribution in [1.29, 1.82) is 0 Å². The monoisotopic (exact) mass is 277 g/mol. The summed E-state index contributed by atoms with van der Waals surface area (Å²) in [6.45, 7) is 8.88. The molecule has 1 fully saturated rings. The molecule has 2 rings (SSSR count). The van der Waals surface area contributed by atoms with Gasteiger partial charge in [0, 0.05) is 19.1 Å². The molecule has 1 saturated carbocycles. The maximum absolute atomic E-state index is 10.4. The summed E-state index contributed by atoms with van der Waals surface area (Å²) in [7, 11) is 0. The Morgan fingerprint density at radius 2 is 1.90 bits per heavy atom. The third-order valence-corrected chi connectivity index (χ3v) is 3.90. The van der Waals surface area contributed by atoms with E-state index >= 15 is 0 Å². The lowest BCUT2D eigenvalue weighted by molar-refractivity contribution is 0.0923. The molecule has 0 heterocycles. The van der Waals surface area contributed by atoms with Crippen LogP contribution in [0, 0.1) is 5.92 Å². The van der Waals surface area contributed by atoms with Gasteiger partial charge in [0.15, 0.2) is 0 Å². The van der Waals surface area contributed by atoms with Gasteiger partial charge in [-0.3, -0.25) is 4.90 Å². The Morgan fingerprint density at radius 1 is 1.25 bits per heavy atom. The molecule has 0 bridgehead atoms. The van der Waals surface area contributed by atoms with Crippen LogP contribution in [0.1, 0.15) is 45.3 Å². The van der Waals surface area contributed by atoms with E-state index in [-0.39, 0.29) is 0 Å². The summed E-state index contributed by atoms with van der Waals surface area (Å²) in [6.07, 6.45) is 2.27. The highest BCUT2D eigenvalue weighted by molar-refractivity contribution is 5.28. The Labute approximate surface area is 122 Å². The van der Waals surface area contributed by atoms with Crippen molar-refractivity contribution < 1.29 is 9.84 Å². The van der Waals surface area contributed by atoms with E-state index in [9.17, 15) is 5.11 Å². The largest absolute Gasteiger partial charge is 0.494 e. The van der Waals surface area contributed by atoms with Crippen LogP contribution in [0.3, 0.4) is 0 Å². The van der Waals surface area contributed by atoms with Crippen LogP contribution in [-0.2, 0) is 0 Å². The Hall–Kier alpha value is -1.06. The molecule has 0 aromatic heterocycles. The number of benzene rings is 1. The molecule has 1 aliphatic rings. The fraction of sp³-hybridized carbons (Fsp3) is 0.647. The van der Waals surface area contributed by atoms with Crippen molar-refractivity contribution >= 4 is 0 Å². The lowest BCUT2D eigenvalue weighted by atomic mass is 10.1. The highest BCUT2D eigenvalue weighted by atomic mass is 16.5. The summed E-state index contributed by atoms with van der Waals surface area (Å²) in [5, 5.41) is 10.4. The SMILES string of the molecule is CCOc1ccc(C(O)CN(CC2CC2)C(C)C)cc1. The zero-order valence-corrected chi connectivity index (χ0v) is 12.9. The summed E-state index contributed by atoms with van der Waals surface area (Å²) in [6, 6.07) is 8.27. The summed E-state index contributed by atoms with van der Waals surface area (Å²) in [4.78, 5) is 2.39. The molecule has 0 aliphatic heterocycles. The predicted molar refractivity (Wildman–Crippen MR) is 82.0 cm³/mol. The van der Waals surface area contributed by atoms with Crippen LogP contribution in [0.5, 0.6) is 5.75 Å². The van der Waals surface area contributed by atoms with Gasteiger partial charge in [-0.15, -0.1) is 0 Å². The Balaban J connectivity index is 1.92. The molecular weight excluding hydrogens is 250 g/mol. The Bertz CT molecular complexity index is 398. The quantitative estimate of drug-likeness (QED) is 0.792. The first kappa shape index (κ1) is 15.3. The highest BCUT2D eigenvalue weighted by Crippen LogP contribution is 2.31. The van der Waals surface area contributed by atoms with Crippen molar-refractivity contribution in [3.63, 3.8) is 0 Å². The van der Waals surface area contributed by atoms with Gasteiger partial charge in [0.05, 0.1) is 12.7 Å². The van der Waals surface area contributed by atoms with Gasteiger partial charge >= 0.3 is 0 Å². The molecule has 3 nitrogen and oxygen atoms in total. The molecule has 0 amide bonds. The van der Waals surface area contributed by atoms with Gasteiger partial charge in [-0.2, -0.15) is 0 Å². The maximum Gasteiger partial charge on any atom is 0.119 e. The first-order chi connectivity index (χ1) is 9.60. The number of nitrogens with zero attached hydrogens (tertiary/aromatic N) is 1. The lowest BCUT2D eigenvalue weighted by Gasteiger charge is -2.29. The molecule has 1 aromatic rings. The molecule has 20 heavy (non-hydrogen) atoms. The van der Waals surface area contributed by atoms with Gasteiger partial charge in [0.1, 0.15) is 5.75 Å². The van der Waals surface area contributed by atoms with Gasteiger partial charge in [0.2, 0.25) is 0 Å². The van der Waals surface area contributed by atoms with E-state index in [1.54, 1.807) is 0 Å². The molecule has 0 radical (unpaired) electrons. The Kier molecular flexibility index (Phi) is 5.44. The Morgan fingerprint density at radius 3 is 2.40 bits per heavy atom. The average Bonchev–Trinajstić information content (AvgIpc) is 3.23. The lowest BCUT2D eigenvalue weighted by Crippen LogP contribution is -2.36. The topological polar surface area (TPSA) is 32.7 Å². The van der Waals surface area contributed by atoms with E-state index < -0.39 is 6.10 Å². The summed E-state index contributed by atoms with van der Waals surface area (Å²) in [5.41, 5.74) is 0.968. The number of hydrogen-bond donors (Lipinski definition) is 1. The maximum atomic E-state index is 10.4. The van der Waals surface area contributed by atoms with Crippen molar-refractivity contribution in [3.8, 4) is 5.75 Å². The zero-order valence-electron chi connectivity index (χ0n) is 12.9. The van der Waals surface area contributed by atoms with Crippen LogP contribution in [0.15, 0.2) is 24.3 Å². The normalized spacial score (nSPS) is 16.7. The fourth-order valence-corrected chi connectivity index (χ4v) is 2.41. The molecule has 0 spiro atoms. The van der Waals surface area contributed by atoms with Gasteiger partial charge in [-0.05, 0) is 57.2 Å². The first-order valence-electron chi connectivity index (χ1n) is 7.75. The molecule has 112 valence electrons. The second-order valence-corrected chi connectivity index (χ2v) is 6.01. The number of rotatable bonds is 8. The van der Waals surface area contributed by atoms with E-state index in [0.29, 0.717) is 19.2 Å². The van der Waals surface area contributed by atoms with Crippen molar-refractivity contribution in [1.82, 2.24) is 4.90 Å². The van der Waals surface area contributed by atoms with Crippen molar-refractivity contribution in [2.45, 2.75) is 45.8 Å². The van der Waals surface area contributed by atoms with Crippen LogP contribution in [-0.4, -0.2) is 35.7 Å². The highest BCUT2D eigenvalue weighted by Gasteiger charge is 2.26. The zero-order chi connectivity index (χ0) is 14.5. The minimum Gasteiger partial charge on any atom is -0.494 e. The molecule has 1 unspecified atom stereocenters. The third-order valence-electron chi connectivity index (χ3n) is 3.90. The van der Waals surface area contributed by atoms with Crippen LogP contribution in [0.2, 0.25) is 0 Å². The predicted octanol–water partition coefficient (Wildman–Crippen LogP) is 3.24. The van der Waals surface area contributed by atoms with E-state index in [1.807, 2.05) is 31.2 Å². The second-order valence-electron chi connectivity index (χ2n) is 6.01. The van der Waals surface area contributed by atoms with Crippen LogP contribution in [0.4, 0.5) is 0 Å². The molecule has 1 atom stereocenters. The van der Waals surface area contributed by atoms with Gasteiger partial charge < -0.3 is 9.84 Å². The fourth-order valence-electron chi connectivity index (χ4n) is 2.41. The van der Waals surface area contributed by atoms with Crippen LogP contribution in [0.25, 0.3) is 0 Å². The van der Waals surface area contributed by atoms with Gasteiger partial charge in [0.25, 0.3) is 0 Å². The number of aliphatic hydroxyl groups excluding tert-OH is 1. The molecule has 3 heteroatoms.